The minimum atomic E-state index is 0.0312. The highest BCUT2D eigenvalue weighted by atomic mass is 16.7. The van der Waals surface area contributed by atoms with E-state index in [-0.39, 0.29) is 6.29 Å². The SMILES string of the molecule is COC1O[C@@H](C)CC[C@@H]1C. The van der Waals surface area contributed by atoms with E-state index in [4.69, 9.17) is 9.47 Å². The summed E-state index contributed by atoms with van der Waals surface area (Å²) < 4.78 is 10.7. The van der Waals surface area contributed by atoms with Gasteiger partial charge in [-0.1, -0.05) is 6.92 Å². The summed E-state index contributed by atoms with van der Waals surface area (Å²) in [5.41, 5.74) is 0. The van der Waals surface area contributed by atoms with E-state index >= 15 is 0 Å². The average molecular weight is 144 g/mol. The van der Waals surface area contributed by atoms with Crippen LogP contribution >= 0.6 is 0 Å². The van der Waals surface area contributed by atoms with Crippen LogP contribution in [-0.2, 0) is 9.47 Å². The Morgan fingerprint density at radius 3 is 2.50 bits per heavy atom. The predicted molar refractivity (Wildman–Crippen MR) is 39.7 cm³/mol. The fraction of sp³-hybridized carbons (Fsp3) is 1.00. The van der Waals surface area contributed by atoms with Gasteiger partial charge < -0.3 is 9.47 Å². The van der Waals surface area contributed by atoms with Gasteiger partial charge in [-0.25, -0.2) is 0 Å². The van der Waals surface area contributed by atoms with Gasteiger partial charge in [-0.15, -0.1) is 0 Å². The number of methoxy groups -OCH3 is 1. The lowest BCUT2D eigenvalue weighted by Crippen LogP contribution is -2.33. The quantitative estimate of drug-likeness (QED) is 0.558. The first-order valence-corrected chi connectivity index (χ1v) is 3.92. The second-order valence-corrected chi connectivity index (χ2v) is 3.11. The zero-order valence-corrected chi connectivity index (χ0v) is 6.96. The lowest BCUT2D eigenvalue weighted by atomic mass is 9.99. The fourth-order valence-corrected chi connectivity index (χ4v) is 1.35. The highest BCUT2D eigenvalue weighted by Gasteiger charge is 2.25. The van der Waals surface area contributed by atoms with Crippen LogP contribution in [0, 0.1) is 5.92 Å². The molecule has 3 atom stereocenters. The van der Waals surface area contributed by atoms with E-state index in [0.29, 0.717) is 12.0 Å². The molecular weight excluding hydrogens is 128 g/mol. The molecule has 1 saturated heterocycles. The first-order valence-electron chi connectivity index (χ1n) is 3.92. The molecule has 0 aromatic heterocycles. The Balaban J connectivity index is 2.38. The summed E-state index contributed by atoms with van der Waals surface area (Å²) in [6.45, 7) is 4.26. The molecule has 0 bridgehead atoms. The predicted octanol–water partition coefficient (Wildman–Crippen LogP) is 1.79. The van der Waals surface area contributed by atoms with Gasteiger partial charge in [0.15, 0.2) is 6.29 Å². The fourth-order valence-electron chi connectivity index (χ4n) is 1.35. The molecule has 0 aliphatic carbocycles. The third-order valence-electron chi connectivity index (χ3n) is 2.09. The molecule has 1 rings (SSSR count). The second-order valence-electron chi connectivity index (χ2n) is 3.11. The Hall–Kier alpha value is -0.0800. The number of hydrogen-bond acceptors (Lipinski definition) is 2. The van der Waals surface area contributed by atoms with Gasteiger partial charge in [0, 0.05) is 13.0 Å². The molecule has 60 valence electrons. The van der Waals surface area contributed by atoms with Crippen molar-refractivity contribution in [3.05, 3.63) is 0 Å². The molecule has 2 heteroatoms. The monoisotopic (exact) mass is 144 g/mol. The smallest absolute Gasteiger partial charge is 0.160 e. The molecule has 0 saturated carbocycles. The second kappa shape index (κ2) is 3.35. The van der Waals surface area contributed by atoms with Gasteiger partial charge in [-0.3, -0.25) is 0 Å². The van der Waals surface area contributed by atoms with Crippen molar-refractivity contribution >= 4 is 0 Å². The molecule has 1 heterocycles. The van der Waals surface area contributed by atoms with Crippen LogP contribution < -0.4 is 0 Å². The summed E-state index contributed by atoms with van der Waals surface area (Å²) in [6, 6.07) is 0. The Kier molecular flexibility index (Phi) is 2.69. The van der Waals surface area contributed by atoms with E-state index in [0.717, 1.165) is 0 Å². The summed E-state index contributed by atoms with van der Waals surface area (Å²) in [4.78, 5) is 0. The standard InChI is InChI=1S/C8H16O2/c1-6-4-5-7(2)10-8(6)9-3/h6-8H,4-5H2,1-3H3/t6-,7-,8?/m0/s1. The lowest BCUT2D eigenvalue weighted by Gasteiger charge is -2.31. The normalized spacial score (nSPS) is 41.7. The Bertz CT molecular complexity index is 103. The molecule has 2 nitrogen and oxygen atoms in total. The Morgan fingerprint density at radius 2 is 2.00 bits per heavy atom. The van der Waals surface area contributed by atoms with Gasteiger partial charge in [0.25, 0.3) is 0 Å². The van der Waals surface area contributed by atoms with Crippen LogP contribution in [-0.4, -0.2) is 19.5 Å². The minimum Gasteiger partial charge on any atom is -0.356 e. The molecule has 0 spiro atoms. The molecule has 1 fully saturated rings. The van der Waals surface area contributed by atoms with E-state index in [1.807, 2.05) is 0 Å². The van der Waals surface area contributed by atoms with Crippen molar-refractivity contribution in [3.8, 4) is 0 Å². The number of ether oxygens (including phenoxy) is 2. The molecule has 0 radical (unpaired) electrons. The van der Waals surface area contributed by atoms with E-state index in [2.05, 4.69) is 13.8 Å². The van der Waals surface area contributed by atoms with Gasteiger partial charge in [0.2, 0.25) is 0 Å². The maximum absolute atomic E-state index is 5.53. The van der Waals surface area contributed by atoms with Gasteiger partial charge >= 0.3 is 0 Å². The van der Waals surface area contributed by atoms with Gasteiger partial charge in [-0.05, 0) is 19.8 Å². The average Bonchev–Trinajstić information content (AvgIpc) is 1.94. The van der Waals surface area contributed by atoms with Crippen LogP contribution in [0.25, 0.3) is 0 Å². The Morgan fingerprint density at radius 1 is 1.30 bits per heavy atom. The molecule has 1 aliphatic rings. The summed E-state index contributed by atoms with van der Waals surface area (Å²) >= 11 is 0. The lowest BCUT2D eigenvalue weighted by molar-refractivity contribution is -0.200. The number of hydrogen-bond donors (Lipinski definition) is 0. The van der Waals surface area contributed by atoms with Crippen molar-refractivity contribution in [3.63, 3.8) is 0 Å². The molecule has 1 unspecified atom stereocenters. The van der Waals surface area contributed by atoms with Crippen LogP contribution in [0.1, 0.15) is 26.7 Å². The van der Waals surface area contributed by atoms with Crippen molar-refractivity contribution in [1.82, 2.24) is 0 Å². The molecule has 0 amide bonds. The molecular formula is C8H16O2. The van der Waals surface area contributed by atoms with Crippen molar-refractivity contribution in [2.24, 2.45) is 5.92 Å². The van der Waals surface area contributed by atoms with E-state index < -0.39 is 0 Å². The molecule has 0 aromatic carbocycles. The topological polar surface area (TPSA) is 18.5 Å². The van der Waals surface area contributed by atoms with Gasteiger partial charge in [-0.2, -0.15) is 0 Å². The van der Waals surface area contributed by atoms with Crippen LogP contribution in [0.4, 0.5) is 0 Å². The van der Waals surface area contributed by atoms with Crippen molar-refractivity contribution in [2.45, 2.75) is 39.1 Å². The summed E-state index contributed by atoms with van der Waals surface area (Å²) in [7, 11) is 1.71. The first kappa shape index (κ1) is 8.02. The minimum absolute atomic E-state index is 0.0312. The van der Waals surface area contributed by atoms with E-state index in [9.17, 15) is 0 Å². The van der Waals surface area contributed by atoms with Crippen LogP contribution in [0.5, 0.6) is 0 Å². The third-order valence-corrected chi connectivity index (χ3v) is 2.09. The molecule has 1 aliphatic heterocycles. The summed E-state index contributed by atoms with van der Waals surface area (Å²) in [6.07, 6.45) is 2.80. The van der Waals surface area contributed by atoms with Crippen LogP contribution in [0.15, 0.2) is 0 Å². The Labute approximate surface area is 62.5 Å². The third kappa shape index (κ3) is 1.70. The zero-order chi connectivity index (χ0) is 7.56. The summed E-state index contributed by atoms with van der Waals surface area (Å²) in [5, 5.41) is 0. The van der Waals surface area contributed by atoms with Crippen molar-refractivity contribution in [1.29, 1.82) is 0 Å². The van der Waals surface area contributed by atoms with Crippen molar-refractivity contribution < 1.29 is 9.47 Å². The maximum Gasteiger partial charge on any atom is 0.160 e. The molecule has 0 N–H and O–H groups in total. The van der Waals surface area contributed by atoms with Crippen molar-refractivity contribution in [2.75, 3.05) is 7.11 Å². The molecule has 0 aromatic rings. The first-order chi connectivity index (χ1) is 4.74. The summed E-state index contributed by atoms with van der Waals surface area (Å²) in [5.74, 6) is 0.557. The van der Waals surface area contributed by atoms with Crippen LogP contribution in [0.2, 0.25) is 0 Å². The largest absolute Gasteiger partial charge is 0.356 e. The highest BCUT2D eigenvalue weighted by Crippen LogP contribution is 2.24. The van der Waals surface area contributed by atoms with Crippen LogP contribution in [0.3, 0.4) is 0 Å². The van der Waals surface area contributed by atoms with Gasteiger partial charge in [0.1, 0.15) is 0 Å². The van der Waals surface area contributed by atoms with E-state index in [1.165, 1.54) is 12.8 Å². The van der Waals surface area contributed by atoms with E-state index in [1.54, 1.807) is 7.11 Å². The van der Waals surface area contributed by atoms with Gasteiger partial charge in [0.05, 0.1) is 6.10 Å². The highest BCUT2D eigenvalue weighted by molar-refractivity contribution is 4.67. The maximum atomic E-state index is 5.53. The number of rotatable bonds is 1. The molecule has 10 heavy (non-hydrogen) atoms. The zero-order valence-electron chi connectivity index (χ0n) is 6.96.